The highest BCUT2D eigenvalue weighted by atomic mass is 16.5. The van der Waals surface area contributed by atoms with E-state index in [-0.39, 0.29) is 11.9 Å². The summed E-state index contributed by atoms with van der Waals surface area (Å²) in [5.41, 5.74) is 1.52. The number of benzene rings is 1. The summed E-state index contributed by atoms with van der Waals surface area (Å²) in [5.74, 6) is 1.16. The molecule has 0 aliphatic carbocycles. The molecule has 0 saturated heterocycles. The van der Waals surface area contributed by atoms with Gasteiger partial charge in [-0.1, -0.05) is 6.07 Å². The number of hydrogen-bond acceptors (Lipinski definition) is 4. The van der Waals surface area contributed by atoms with Crippen LogP contribution in [0, 0.1) is 0 Å². The molecule has 2 aromatic rings. The molecule has 1 amide bonds. The third kappa shape index (κ3) is 3.51. The zero-order valence-corrected chi connectivity index (χ0v) is 12.3. The molecule has 0 aliphatic rings. The Kier molecular flexibility index (Phi) is 4.77. The summed E-state index contributed by atoms with van der Waals surface area (Å²) in [6.45, 7) is 1.92. The molecule has 5 heteroatoms. The predicted octanol–water partition coefficient (Wildman–Crippen LogP) is 2.59. The van der Waals surface area contributed by atoms with Gasteiger partial charge in [0.15, 0.2) is 11.5 Å². The maximum absolute atomic E-state index is 12.1. The summed E-state index contributed by atoms with van der Waals surface area (Å²) >= 11 is 0. The fraction of sp³-hybridized carbons (Fsp3) is 0.250. The lowest BCUT2D eigenvalue weighted by Crippen LogP contribution is -2.26. The molecule has 1 aromatic carbocycles. The minimum absolute atomic E-state index is 0.139. The van der Waals surface area contributed by atoms with Gasteiger partial charge in [0.25, 0.3) is 5.91 Å². The topological polar surface area (TPSA) is 60.5 Å². The van der Waals surface area contributed by atoms with Crippen molar-refractivity contribution in [3.63, 3.8) is 0 Å². The lowest BCUT2D eigenvalue weighted by Gasteiger charge is -2.16. The highest BCUT2D eigenvalue weighted by Crippen LogP contribution is 2.29. The first-order valence-corrected chi connectivity index (χ1v) is 6.58. The number of carbonyl (C=O) groups is 1. The lowest BCUT2D eigenvalue weighted by atomic mass is 10.1. The van der Waals surface area contributed by atoms with Crippen LogP contribution in [0.5, 0.6) is 11.5 Å². The largest absolute Gasteiger partial charge is 0.493 e. The van der Waals surface area contributed by atoms with E-state index in [4.69, 9.17) is 9.47 Å². The summed E-state index contributed by atoms with van der Waals surface area (Å²) in [4.78, 5) is 16.0. The molecule has 5 nitrogen and oxygen atoms in total. The number of methoxy groups -OCH3 is 2. The van der Waals surface area contributed by atoms with E-state index in [1.807, 2.05) is 25.1 Å². The molecule has 1 atom stereocenters. The average molecular weight is 286 g/mol. The van der Waals surface area contributed by atoms with Crippen LogP contribution in [-0.2, 0) is 0 Å². The Morgan fingerprint density at radius 3 is 2.38 bits per heavy atom. The van der Waals surface area contributed by atoms with E-state index in [0.29, 0.717) is 17.1 Å². The van der Waals surface area contributed by atoms with E-state index in [2.05, 4.69) is 10.3 Å². The molecule has 0 unspecified atom stereocenters. The quantitative estimate of drug-likeness (QED) is 0.917. The van der Waals surface area contributed by atoms with Gasteiger partial charge in [0, 0.05) is 18.0 Å². The molecule has 1 aromatic heterocycles. The third-order valence-electron chi connectivity index (χ3n) is 3.20. The van der Waals surface area contributed by atoms with Crippen molar-refractivity contribution in [1.29, 1.82) is 0 Å². The standard InChI is InChI=1S/C16H18N2O3/c1-11(18-16(19)12-6-8-17-9-7-12)13-4-5-14(20-2)15(10-13)21-3/h4-11H,1-3H3,(H,18,19)/t11-/m0/s1. The second kappa shape index (κ2) is 6.74. The molecule has 0 bridgehead atoms. The van der Waals surface area contributed by atoms with Crippen molar-refractivity contribution >= 4 is 5.91 Å². The molecular formula is C16H18N2O3. The summed E-state index contributed by atoms with van der Waals surface area (Å²) in [5, 5.41) is 2.94. The number of amides is 1. The first kappa shape index (κ1) is 14.8. The van der Waals surface area contributed by atoms with Crippen LogP contribution in [0.4, 0.5) is 0 Å². The maximum atomic E-state index is 12.1. The number of nitrogens with zero attached hydrogens (tertiary/aromatic N) is 1. The molecule has 2 rings (SSSR count). The van der Waals surface area contributed by atoms with Gasteiger partial charge in [0.05, 0.1) is 20.3 Å². The Hall–Kier alpha value is -2.56. The predicted molar refractivity (Wildman–Crippen MR) is 79.7 cm³/mol. The highest BCUT2D eigenvalue weighted by molar-refractivity contribution is 5.94. The fourth-order valence-corrected chi connectivity index (χ4v) is 1.99. The van der Waals surface area contributed by atoms with Crippen molar-refractivity contribution in [3.05, 3.63) is 53.9 Å². The molecule has 0 spiro atoms. The van der Waals surface area contributed by atoms with Crippen molar-refractivity contribution in [2.45, 2.75) is 13.0 Å². The molecule has 0 aliphatic heterocycles. The van der Waals surface area contributed by atoms with Gasteiger partial charge in [-0.25, -0.2) is 0 Å². The number of hydrogen-bond donors (Lipinski definition) is 1. The van der Waals surface area contributed by atoms with Gasteiger partial charge in [-0.3, -0.25) is 9.78 Å². The van der Waals surface area contributed by atoms with Gasteiger partial charge < -0.3 is 14.8 Å². The molecule has 1 N–H and O–H groups in total. The van der Waals surface area contributed by atoms with Gasteiger partial charge in [-0.15, -0.1) is 0 Å². The van der Waals surface area contributed by atoms with Gasteiger partial charge in [-0.2, -0.15) is 0 Å². The molecule has 0 saturated carbocycles. The monoisotopic (exact) mass is 286 g/mol. The van der Waals surface area contributed by atoms with Crippen molar-refractivity contribution in [2.75, 3.05) is 14.2 Å². The molecule has 0 fully saturated rings. The van der Waals surface area contributed by atoms with E-state index in [1.165, 1.54) is 0 Å². The highest BCUT2D eigenvalue weighted by Gasteiger charge is 2.13. The van der Waals surface area contributed by atoms with Gasteiger partial charge in [0.1, 0.15) is 0 Å². The van der Waals surface area contributed by atoms with E-state index in [9.17, 15) is 4.79 Å². The van der Waals surface area contributed by atoms with Crippen LogP contribution in [0.2, 0.25) is 0 Å². The number of pyridine rings is 1. The Labute approximate surface area is 123 Å². The van der Waals surface area contributed by atoms with Gasteiger partial charge in [-0.05, 0) is 36.8 Å². The van der Waals surface area contributed by atoms with Crippen molar-refractivity contribution < 1.29 is 14.3 Å². The Balaban J connectivity index is 2.13. The number of rotatable bonds is 5. The normalized spacial score (nSPS) is 11.6. The minimum Gasteiger partial charge on any atom is -0.493 e. The first-order valence-electron chi connectivity index (χ1n) is 6.58. The van der Waals surface area contributed by atoms with Crippen LogP contribution >= 0.6 is 0 Å². The zero-order chi connectivity index (χ0) is 15.2. The smallest absolute Gasteiger partial charge is 0.251 e. The number of nitrogens with one attached hydrogen (secondary N) is 1. The van der Waals surface area contributed by atoms with Crippen LogP contribution < -0.4 is 14.8 Å². The molecule has 110 valence electrons. The van der Waals surface area contributed by atoms with Crippen LogP contribution in [0.3, 0.4) is 0 Å². The van der Waals surface area contributed by atoms with E-state index in [1.54, 1.807) is 38.7 Å². The summed E-state index contributed by atoms with van der Waals surface area (Å²) < 4.78 is 10.5. The maximum Gasteiger partial charge on any atom is 0.251 e. The zero-order valence-electron chi connectivity index (χ0n) is 12.3. The lowest BCUT2D eigenvalue weighted by molar-refractivity contribution is 0.0939. The Bertz CT molecular complexity index is 614. The van der Waals surface area contributed by atoms with Crippen molar-refractivity contribution in [1.82, 2.24) is 10.3 Å². The fourth-order valence-electron chi connectivity index (χ4n) is 1.99. The second-order valence-corrected chi connectivity index (χ2v) is 4.55. The molecule has 0 radical (unpaired) electrons. The summed E-state index contributed by atoms with van der Waals surface area (Å²) in [6, 6.07) is 8.79. The second-order valence-electron chi connectivity index (χ2n) is 4.55. The van der Waals surface area contributed by atoms with E-state index < -0.39 is 0 Å². The number of carbonyl (C=O) groups excluding carboxylic acids is 1. The van der Waals surface area contributed by atoms with Gasteiger partial charge in [0.2, 0.25) is 0 Å². The van der Waals surface area contributed by atoms with Crippen LogP contribution in [0.1, 0.15) is 28.9 Å². The Morgan fingerprint density at radius 1 is 1.10 bits per heavy atom. The van der Waals surface area contributed by atoms with Crippen LogP contribution in [-0.4, -0.2) is 25.1 Å². The van der Waals surface area contributed by atoms with Crippen LogP contribution in [0.15, 0.2) is 42.7 Å². The SMILES string of the molecule is COc1ccc([C@H](C)NC(=O)c2ccncc2)cc1OC. The first-order chi connectivity index (χ1) is 10.2. The summed E-state index contributed by atoms with van der Waals surface area (Å²) in [7, 11) is 3.17. The van der Waals surface area contributed by atoms with Gasteiger partial charge >= 0.3 is 0 Å². The molecule has 1 heterocycles. The van der Waals surface area contributed by atoms with Crippen molar-refractivity contribution in [3.8, 4) is 11.5 Å². The molecular weight excluding hydrogens is 268 g/mol. The number of aromatic nitrogens is 1. The van der Waals surface area contributed by atoms with E-state index >= 15 is 0 Å². The third-order valence-corrected chi connectivity index (χ3v) is 3.20. The average Bonchev–Trinajstić information content (AvgIpc) is 2.54. The minimum atomic E-state index is -0.148. The van der Waals surface area contributed by atoms with Crippen molar-refractivity contribution in [2.24, 2.45) is 0 Å². The molecule has 21 heavy (non-hydrogen) atoms. The van der Waals surface area contributed by atoms with E-state index in [0.717, 1.165) is 5.56 Å². The Morgan fingerprint density at radius 2 is 1.76 bits per heavy atom. The summed E-state index contributed by atoms with van der Waals surface area (Å²) in [6.07, 6.45) is 3.19. The van der Waals surface area contributed by atoms with Crippen LogP contribution in [0.25, 0.3) is 0 Å². The number of ether oxygens (including phenoxy) is 2.